The van der Waals surface area contributed by atoms with Gasteiger partial charge in [0.15, 0.2) is 11.6 Å². The van der Waals surface area contributed by atoms with Crippen molar-refractivity contribution in [3.05, 3.63) is 39.8 Å². The lowest BCUT2D eigenvalue weighted by molar-refractivity contribution is 0.507. The van der Waals surface area contributed by atoms with Gasteiger partial charge in [0.05, 0.1) is 17.8 Å². The zero-order valence-corrected chi connectivity index (χ0v) is 7.54. The van der Waals surface area contributed by atoms with Gasteiger partial charge in [-0.1, -0.05) is 17.0 Å². The van der Waals surface area contributed by atoms with E-state index in [0.29, 0.717) is 0 Å². The summed E-state index contributed by atoms with van der Waals surface area (Å²) >= 11 is 0. The SMILES string of the molecule is [N-]=[N+]=NCC#Cc1c(N)ccc(F)c1F. The molecule has 0 aliphatic heterocycles. The molecule has 15 heavy (non-hydrogen) atoms. The molecule has 0 aliphatic rings. The van der Waals surface area contributed by atoms with Crippen molar-refractivity contribution in [1.29, 1.82) is 0 Å². The van der Waals surface area contributed by atoms with Gasteiger partial charge in [0.25, 0.3) is 0 Å². The lowest BCUT2D eigenvalue weighted by atomic mass is 10.1. The van der Waals surface area contributed by atoms with E-state index in [1.165, 1.54) is 6.07 Å². The van der Waals surface area contributed by atoms with Crippen LogP contribution in [0.2, 0.25) is 0 Å². The van der Waals surface area contributed by atoms with Crippen LogP contribution < -0.4 is 5.73 Å². The summed E-state index contributed by atoms with van der Waals surface area (Å²) in [6, 6.07) is 2.14. The number of rotatable bonds is 1. The number of halogens is 2. The number of nitrogens with zero attached hydrogens (tertiary/aromatic N) is 3. The third-order valence-electron chi connectivity index (χ3n) is 1.55. The van der Waals surface area contributed by atoms with Gasteiger partial charge in [-0.25, -0.2) is 8.78 Å². The van der Waals surface area contributed by atoms with E-state index >= 15 is 0 Å². The van der Waals surface area contributed by atoms with Crippen molar-refractivity contribution in [2.75, 3.05) is 12.3 Å². The Labute approximate surface area is 84.3 Å². The van der Waals surface area contributed by atoms with Crippen LogP contribution in [0.15, 0.2) is 17.2 Å². The summed E-state index contributed by atoms with van der Waals surface area (Å²) in [7, 11) is 0. The number of hydrogen-bond donors (Lipinski definition) is 1. The third kappa shape index (κ3) is 2.59. The van der Waals surface area contributed by atoms with Gasteiger partial charge >= 0.3 is 0 Å². The van der Waals surface area contributed by atoms with Crippen molar-refractivity contribution in [2.24, 2.45) is 5.11 Å². The molecule has 0 bridgehead atoms. The average Bonchev–Trinajstić information content (AvgIpc) is 2.23. The highest BCUT2D eigenvalue weighted by molar-refractivity contribution is 5.56. The first kappa shape index (κ1) is 10.8. The van der Waals surface area contributed by atoms with Crippen LogP contribution >= 0.6 is 0 Å². The van der Waals surface area contributed by atoms with Crippen molar-refractivity contribution < 1.29 is 8.78 Å². The maximum atomic E-state index is 13.1. The Bertz CT molecular complexity index is 481. The molecule has 0 saturated heterocycles. The molecular formula is C9H6F2N4. The van der Waals surface area contributed by atoms with E-state index in [1.54, 1.807) is 0 Å². The van der Waals surface area contributed by atoms with Crippen molar-refractivity contribution in [3.8, 4) is 11.8 Å². The van der Waals surface area contributed by atoms with Gasteiger partial charge in [-0.3, -0.25) is 0 Å². The molecule has 0 aromatic heterocycles. The minimum Gasteiger partial charge on any atom is -0.398 e. The molecule has 0 radical (unpaired) electrons. The summed E-state index contributed by atoms with van der Waals surface area (Å²) < 4.78 is 25.9. The first-order valence-electron chi connectivity index (χ1n) is 3.90. The van der Waals surface area contributed by atoms with Crippen LogP contribution in [0.3, 0.4) is 0 Å². The summed E-state index contributed by atoms with van der Waals surface area (Å²) in [5.41, 5.74) is 13.2. The van der Waals surface area contributed by atoms with Gasteiger partial charge in [-0.05, 0) is 17.7 Å². The van der Waals surface area contributed by atoms with E-state index in [9.17, 15) is 8.78 Å². The van der Waals surface area contributed by atoms with Crippen LogP contribution in [0.4, 0.5) is 14.5 Å². The van der Waals surface area contributed by atoms with Gasteiger partial charge in [0.1, 0.15) is 0 Å². The first-order chi connectivity index (χ1) is 7.16. The second-order valence-electron chi connectivity index (χ2n) is 2.52. The van der Waals surface area contributed by atoms with E-state index in [0.717, 1.165) is 6.07 Å². The van der Waals surface area contributed by atoms with Crippen molar-refractivity contribution >= 4 is 5.69 Å². The predicted molar refractivity (Wildman–Crippen MR) is 51.7 cm³/mol. The van der Waals surface area contributed by atoms with Crippen molar-refractivity contribution in [3.63, 3.8) is 0 Å². The van der Waals surface area contributed by atoms with Crippen LogP contribution in [0, 0.1) is 23.5 Å². The lowest BCUT2D eigenvalue weighted by Gasteiger charge is -1.99. The Morgan fingerprint density at radius 1 is 1.47 bits per heavy atom. The maximum Gasteiger partial charge on any atom is 0.176 e. The van der Waals surface area contributed by atoms with Crippen LogP contribution in [-0.2, 0) is 0 Å². The highest BCUT2D eigenvalue weighted by Crippen LogP contribution is 2.17. The molecule has 0 aliphatic carbocycles. The quantitative estimate of drug-likeness (QED) is 0.248. The molecule has 0 atom stereocenters. The fourth-order valence-electron chi connectivity index (χ4n) is 0.888. The van der Waals surface area contributed by atoms with E-state index in [2.05, 4.69) is 21.9 Å². The minimum absolute atomic E-state index is 0.0438. The Hall–Kier alpha value is -2.25. The van der Waals surface area contributed by atoms with Crippen LogP contribution in [0.5, 0.6) is 0 Å². The molecule has 2 N–H and O–H groups in total. The number of benzene rings is 1. The Morgan fingerprint density at radius 2 is 2.20 bits per heavy atom. The zero-order chi connectivity index (χ0) is 11.3. The molecule has 1 aromatic carbocycles. The largest absolute Gasteiger partial charge is 0.398 e. The average molecular weight is 208 g/mol. The molecule has 76 valence electrons. The lowest BCUT2D eigenvalue weighted by Crippen LogP contribution is -1.97. The van der Waals surface area contributed by atoms with Crippen LogP contribution in [-0.4, -0.2) is 6.54 Å². The molecule has 0 amide bonds. The van der Waals surface area contributed by atoms with Gasteiger partial charge in [-0.15, -0.1) is 0 Å². The smallest absolute Gasteiger partial charge is 0.176 e. The minimum atomic E-state index is -1.09. The monoisotopic (exact) mass is 208 g/mol. The molecule has 4 nitrogen and oxygen atoms in total. The number of hydrogen-bond acceptors (Lipinski definition) is 2. The Morgan fingerprint density at radius 3 is 2.87 bits per heavy atom. The fourth-order valence-corrected chi connectivity index (χ4v) is 0.888. The van der Waals surface area contributed by atoms with Gasteiger partial charge in [0, 0.05) is 4.91 Å². The molecule has 6 heteroatoms. The number of nitrogen functional groups attached to an aromatic ring is 1. The normalized spacial score (nSPS) is 8.67. The van der Waals surface area contributed by atoms with Gasteiger partial charge in [-0.2, -0.15) is 0 Å². The first-order valence-corrected chi connectivity index (χ1v) is 3.90. The molecule has 1 rings (SSSR count). The second-order valence-corrected chi connectivity index (χ2v) is 2.52. The summed E-state index contributed by atoms with van der Waals surface area (Å²) in [6.07, 6.45) is 0. The molecule has 0 heterocycles. The number of nitrogens with two attached hydrogens (primary N) is 1. The van der Waals surface area contributed by atoms with Crippen LogP contribution in [0.1, 0.15) is 5.56 Å². The van der Waals surface area contributed by atoms with E-state index < -0.39 is 11.6 Å². The summed E-state index contributed by atoms with van der Waals surface area (Å²) in [6.45, 7) is -0.119. The van der Waals surface area contributed by atoms with E-state index in [1.807, 2.05) is 0 Å². The van der Waals surface area contributed by atoms with Crippen molar-refractivity contribution in [2.45, 2.75) is 0 Å². The summed E-state index contributed by atoms with van der Waals surface area (Å²) in [4.78, 5) is 2.45. The highest BCUT2D eigenvalue weighted by Gasteiger charge is 2.08. The fraction of sp³-hybridized carbons (Fsp3) is 0.111. The zero-order valence-electron chi connectivity index (χ0n) is 7.54. The molecule has 1 aromatic rings. The Kier molecular flexibility index (Phi) is 3.49. The van der Waals surface area contributed by atoms with Gasteiger partial charge < -0.3 is 5.73 Å². The van der Waals surface area contributed by atoms with E-state index in [-0.39, 0.29) is 17.8 Å². The van der Waals surface area contributed by atoms with Crippen LogP contribution in [0.25, 0.3) is 10.4 Å². The molecule has 0 spiro atoms. The standard InChI is InChI=1S/C9H6F2N4/c10-7-3-4-8(12)6(9(7)11)2-1-5-14-15-13/h3-4H,5,12H2. The highest BCUT2D eigenvalue weighted by atomic mass is 19.2. The maximum absolute atomic E-state index is 13.1. The number of azide groups is 1. The number of anilines is 1. The van der Waals surface area contributed by atoms with E-state index in [4.69, 9.17) is 11.3 Å². The Balaban J connectivity index is 3.06. The molecule has 0 saturated carbocycles. The molecular weight excluding hydrogens is 202 g/mol. The second kappa shape index (κ2) is 4.84. The topological polar surface area (TPSA) is 74.8 Å². The summed E-state index contributed by atoms with van der Waals surface area (Å²) in [5.74, 6) is 2.55. The van der Waals surface area contributed by atoms with Gasteiger partial charge in [0.2, 0.25) is 0 Å². The molecule has 0 fully saturated rings. The third-order valence-corrected chi connectivity index (χ3v) is 1.55. The van der Waals surface area contributed by atoms with Crippen molar-refractivity contribution in [1.82, 2.24) is 0 Å². The predicted octanol–water partition coefficient (Wildman–Crippen LogP) is 2.21. The molecule has 0 unspecified atom stereocenters. The summed E-state index contributed by atoms with van der Waals surface area (Å²) in [5, 5.41) is 3.12.